The molecular weight excluding hydrogens is 472 g/mol. The zero-order valence-corrected chi connectivity index (χ0v) is 19.9. The number of imide groups is 1. The van der Waals surface area contributed by atoms with Crippen molar-refractivity contribution in [2.75, 3.05) is 11.9 Å². The average Bonchev–Trinajstić information content (AvgIpc) is 3.06. The third-order valence-corrected chi connectivity index (χ3v) is 5.82. The summed E-state index contributed by atoms with van der Waals surface area (Å²) in [5, 5.41) is 9.17. The van der Waals surface area contributed by atoms with Gasteiger partial charge in [-0.25, -0.2) is 8.78 Å². The van der Waals surface area contributed by atoms with Gasteiger partial charge in [-0.3, -0.25) is 19.3 Å². The Balaban J connectivity index is 0.00000342. The molecule has 178 valence electrons. The first-order chi connectivity index (χ1) is 16.2. The first-order valence-corrected chi connectivity index (χ1v) is 10.4. The van der Waals surface area contributed by atoms with E-state index in [1.165, 1.54) is 24.1 Å². The van der Waals surface area contributed by atoms with Crippen LogP contribution in [0.1, 0.15) is 37.4 Å². The summed E-state index contributed by atoms with van der Waals surface area (Å²) in [5.41, 5.74) is 1.96. The highest BCUT2D eigenvalue weighted by atomic mass is 32.1. The molecule has 3 amide bonds. The number of amides is 3. The summed E-state index contributed by atoms with van der Waals surface area (Å²) in [7, 11) is 1.47. The van der Waals surface area contributed by atoms with Crippen LogP contribution in [0.5, 0.6) is 0 Å². The maximum absolute atomic E-state index is 13.9. The van der Waals surface area contributed by atoms with Crippen molar-refractivity contribution in [1.82, 2.24) is 4.90 Å². The van der Waals surface area contributed by atoms with Crippen molar-refractivity contribution in [2.24, 2.45) is 0 Å². The summed E-state index contributed by atoms with van der Waals surface area (Å²) < 4.78 is 27.7. The third-order valence-electron chi connectivity index (χ3n) is 5.82. The van der Waals surface area contributed by atoms with Crippen LogP contribution >= 0.6 is 13.5 Å². The molecule has 6 nitrogen and oxygen atoms in total. The molecule has 0 N–H and O–H groups in total. The van der Waals surface area contributed by atoms with Gasteiger partial charge in [-0.05, 0) is 60.5 Å². The Morgan fingerprint density at radius 3 is 2.09 bits per heavy atom. The van der Waals surface area contributed by atoms with Gasteiger partial charge in [-0.15, -0.1) is 0 Å². The van der Waals surface area contributed by atoms with Crippen molar-refractivity contribution in [2.45, 2.75) is 19.4 Å². The normalized spacial score (nSPS) is 13.1. The van der Waals surface area contributed by atoms with Crippen molar-refractivity contribution in [3.05, 3.63) is 100 Å². The van der Waals surface area contributed by atoms with E-state index in [1.807, 2.05) is 0 Å². The average molecular weight is 494 g/mol. The number of nitriles is 1. The third kappa shape index (κ3) is 4.79. The molecule has 1 aliphatic heterocycles. The van der Waals surface area contributed by atoms with E-state index in [0.29, 0.717) is 22.9 Å². The Bertz CT molecular complexity index is 1330. The predicted molar refractivity (Wildman–Crippen MR) is 130 cm³/mol. The van der Waals surface area contributed by atoms with Gasteiger partial charge in [0.25, 0.3) is 11.8 Å². The smallest absolute Gasteiger partial charge is 0.262 e. The molecule has 3 aromatic carbocycles. The quantitative estimate of drug-likeness (QED) is 0.501. The number of likely N-dealkylation sites (N-methyl/N-ethyl adjacent to an activating group) is 1. The van der Waals surface area contributed by atoms with Gasteiger partial charge in [0.05, 0.1) is 22.8 Å². The molecule has 0 spiro atoms. The zero-order valence-electron chi connectivity index (χ0n) is 18.9. The Hall–Kier alpha value is -4.03. The Kier molecular flexibility index (Phi) is 7.37. The van der Waals surface area contributed by atoms with Crippen LogP contribution in [0.15, 0.2) is 60.7 Å². The van der Waals surface area contributed by atoms with Crippen LogP contribution in [0.25, 0.3) is 0 Å². The molecular formula is C26H21F2N3O3S. The molecule has 0 aliphatic carbocycles. The maximum atomic E-state index is 13.9. The number of anilines is 1. The lowest BCUT2D eigenvalue weighted by atomic mass is 10.0. The maximum Gasteiger partial charge on any atom is 0.262 e. The molecule has 1 atom stereocenters. The summed E-state index contributed by atoms with van der Waals surface area (Å²) in [5.74, 6) is -3.59. The minimum absolute atomic E-state index is 0. The minimum atomic E-state index is -1.35. The van der Waals surface area contributed by atoms with E-state index >= 15 is 0 Å². The Morgan fingerprint density at radius 2 is 1.57 bits per heavy atom. The van der Waals surface area contributed by atoms with Crippen LogP contribution in [0.2, 0.25) is 0 Å². The van der Waals surface area contributed by atoms with Gasteiger partial charge >= 0.3 is 0 Å². The van der Waals surface area contributed by atoms with Gasteiger partial charge in [0.1, 0.15) is 17.7 Å². The Morgan fingerprint density at radius 1 is 1.00 bits per heavy atom. The summed E-state index contributed by atoms with van der Waals surface area (Å²) in [6.07, 6.45) is -0.279. The minimum Gasteiger partial charge on any atom is -0.314 e. The number of carbonyl (C=O) groups excluding carboxylic acids is 3. The van der Waals surface area contributed by atoms with Crippen molar-refractivity contribution >= 4 is 36.9 Å². The summed E-state index contributed by atoms with van der Waals surface area (Å²) in [4.78, 5) is 42.0. The van der Waals surface area contributed by atoms with Gasteiger partial charge < -0.3 is 4.90 Å². The summed E-state index contributed by atoms with van der Waals surface area (Å²) >= 11 is 0. The van der Waals surface area contributed by atoms with Crippen LogP contribution < -0.4 is 4.90 Å². The van der Waals surface area contributed by atoms with Crippen molar-refractivity contribution in [1.29, 1.82) is 5.26 Å². The zero-order chi connectivity index (χ0) is 24.6. The van der Waals surface area contributed by atoms with Gasteiger partial charge in [0.2, 0.25) is 5.91 Å². The molecule has 0 saturated heterocycles. The number of halogens is 2. The number of hydrogen-bond acceptors (Lipinski definition) is 4. The van der Waals surface area contributed by atoms with Crippen LogP contribution in [0.3, 0.4) is 0 Å². The molecule has 9 heteroatoms. The van der Waals surface area contributed by atoms with E-state index in [9.17, 15) is 23.2 Å². The fourth-order valence-corrected chi connectivity index (χ4v) is 4.06. The number of hydrogen-bond donors (Lipinski definition) is 0. The highest BCUT2D eigenvalue weighted by molar-refractivity contribution is 7.59. The molecule has 0 aromatic heterocycles. The van der Waals surface area contributed by atoms with Crippen molar-refractivity contribution < 1.29 is 23.2 Å². The topological polar surface area (TPSA) is 81.5 Å². The lowest BCUT2D eigenvalue weighted by molar-refractivity contribution is -0.122. The molecule has 3 aromatic rings. The number of aryl methyl sites for hydroxylation is 1. The lowest BCUT2D eigenvalue weighted by Crippen LogP contribution is -2.51. The molecule has 0 unspecified atom stereocenters. The fourth-order valence-electron chi connectivity index (χ4n) is 4.06. The summed E-state index contributed by atoms with van der Waals surface area (Å²) in [6.45, 7) is 1.72. The molecule has 0 fully saturated rings. The van der Waals surface area contributed by atoms with Crippen LogP contribution in [-0.2, 0) is 11.2 Å². The number of carbonyl (C=O) groups is 3. The highest BCUT2D eigenvalue weighted by Gasteiger charge is 2.43. The highest BCUT2D eigenvalue weighted by Crippen LogP contribution is 2.28. The van der Waals surface area contributed by atoms with E-state index in [1.54, 1.807) is 37.3 Å². The first kappa shape index (κ1) is 25.6. The number of rotatable bonds is 5. The second-order valence-corrected chi connectivity index (χ2v) is 8.03. The van der Waals surface area contributed by atoms with E-state index in [2.05, 4.69) is 6.07 Å². The number of nitrogens with zero attached hydrogens (tertiary/aromatic N) is 3. The van der Waals surface area contributed by atoms with E-state index in [-0.39, 0.29) is 36.6 Å². The second kappa shape index (κ2) is 10.1. The molecule has 35 heavy (non-hydrogen) atoms. The van der Waals surface area contributed by atoms with Crippen LogP contribution in [0, 0.1) is 29.9 Å². The largest absolute Gasteiger partial charge is 0.314 e. The lowest BCUT2D eigenvalue weighted by Gasteiger charge is -2.30. The van der Waals surface area contributed by atoms with Crippen molar-refractivity contribution in [3.8, 4) is 6.07 Å². The Labute approximate surface area is 207 Å². The fraction of sp³-hybridized carbons (Fsp3) is 0.154. The monoisotopic (exact) mass is 493 g/mol. The molecule has 0 bridgehead atoms. The standard InChI is InChI=1S/C26H19F2N3O3.H2S/c1-15-9-20(8-7-17(15)14-29)30(2)26(34)23(12-16-10-18(27)13-19(28)11-16)31-24(32)21-5-3-4-6-22(21)25(31)33;/h3-11,13,23H,12H2,1-2H3;1H2/t23-;/m0./s1. The molecule has 1 aliphatic rings. The second-order valence-electron chi connectivity index (χ2n) is 8.03. The molecule has 4 rings (SSSR count). The molecule has 0 radical (unpaired) electrons. The van der Waals surface area contributed by atoms with Crippen LogP contribution in [-0.4, -0.2) is 35.7 Å². The number of fused-ring (bicyclic) bond motifs is 1. The van der Waals surface area contributed by atoms with E-state index in [4.69, 9.17) is 5.26 Å². The van der Waals surface area contributed by atoms with E-state index in [0.717, 1.165) is 17.0 Å². The SMILES string of the molecule is Cc1cc(N(C)C(=O)[C@H](Cc2cc(F)cc(F)c2)N2C(=O)c3ccccc3C2=O)ccc1C#N.S. The van der Waals surface area contributed by atoms with E-state index < -0.39 is 35.4 Å². The van der Waals surface area contributed by atoms with Gasteiger partial charge in [0, 0.05) is 25.2 Å². The van der Waals surface area contributed by atoms with Crippen molar-refractivity contribution in [3.63, 3.8) is 0 Å². The molecule has 0 saturated carbocycles. The van der Waals surface area contributed by atoms with Crippen LogP contribution in [0.4, 0.5) is 14.5 Å². The van der Waals surface area contributed by atoms with Gasteiger partial charge in [-0.2, -0.15) is 18.8 Å². The molecule has 1 heterocycles. The number of benzene rings is 3. The first-order valence-electron chi connectivity index (χ1n) is 10.4. The summed E-state index contributed by atoms with van der Waals surface area (Å²) in [6, 6.07) is 14.5. The van der Waals surface area contributed by atoms with Gasteiger partial charge in [-0.1, -0.05) is 12.1 Å². The predicted octanol–water partition coefficient (Wildman–Crippen LogP) is 4.13. The van der Waals surface area contributed by atoms with Gasteiger partial charge in [0.15, 0.2) is 0 Å².